The second kappa shape index (κ2) is 4.07. The summed E-state index contributed by atoms with van der Waals surface area (Å²) in [5.41, 5.74) is 1.03. The molecule has 1 aromatic heterocycles. The number of nitrogens with one attached hydrogen (secondary N) is 2. The van der Waals surface area contributed by atoms with Gasteiger partial charge in [0.25, 0.3) is 0 Å². The predicted octanol–water partition coefficient (Wildman–Crippen LogP) is 2.80. The van der Waals surface area contributed by atoms with Crippen LogP contribution in [0.1, 0.15) is 5.56 Å². The lowest BCUT2D eigenvalue weighted by atomic mass is 10.2. The third kappa shape index (κ3) is 2.00. The molecule has 2 aromatic rings. The van der Waals surface area contributed by atoms with Gasteiger partial charge in [-0.15, -0.1) is 0 Å². The summed E-state index contributed by atoms with van der Waals surface area (Å²) in [6.07, 6.45) is 1.86. The molecule has 0 atom stereocenters. The maximum Gasteiger partial charge on any atom is 0.112 e. The maximum atomic E-state index is 5.24. The number of aromatic amines is 1. The second-order valence-electron chi connectivity index (χ2n) is 2.90. The monoisotopic (exact) mass is 202 g/mol. The summed E-state index contributed by atoms with van der Waals surface area (Å²) >= 11 is 5.24. The molecule has 2 N–H and O–H groups in total. The molecule has 0 bridgehead atoms. The third-order valence-corrected chi connectivity index (χ3v) is 2.22. The van der Waals surface area contributed by atoms with E-state index in [9.17, 15) is 0 Å². The number of aromatic nitrogens is 1. The molecule has 2 nitrogen and oxygen atoms in total. The van der Waals surface area contributed by atoms with E-state index in [4.69, 9.17) is 12.2 Å². The lowest BCUT2D eigenvalue weighted by Gasteiger charge is -2.04. The largest absolute Gasteiger partial charge is 0.348 e. The zero-order chi connectivity index (χ0) is 9.80. The second-order valence-corrected chi connectivity index (χ2v) is 3.31. The molecule has 0 unspecified atom stereocenters. The van der Waals surface area contributed by atoms with Crippen LogP contribution in [0.3, 0.4) is 0 Å². The normalized spacial score (nSPS) is 9.71. The number of anilines is 1. The molecule has 1 heterocycles. The van der Waals surface area contributed by atoms with Crippen LogP contribution in [-0.4, -0.2) is 9.97 Å². The van der Waals surface area contributed by atoms with Crippen LogP contribution in [0, 0.1) is 0 Å². The van der Waals surface area contributed by atoms with Gasteiger partial charge in [0.2, 0.25) is 0 Å². The van der Waals surface area contributed by atoms with E-state index in [-0.39, 0.29) is 0 Å². The van der Waals surface area contributed by atoms with Crippen molar-refractivity contribution in [3.8, 4) is 0 Å². The number of rotatable bonds is 2. The van der Waals surface area contributed by atoms with Crippen LogP contribution in [0.5, 0.6) is 0 Å². The summed E-state index contributed by atoms with van der Waals surface area (Å²) < 4.78 is 0. The number of H-pyrrole nitrogens is 1. The van der Waals surface area contributed by atoms with Crippen molar-refractivity contribution < 1.29 is 0 Å². The van der Waals surface area contributed by atoms with E-state index in [0.717, 1.165) is 16.4 Å². The van der Waals surface area contributed by atoms with Gasteiger partial charge in [-0.1, -0.05) is 42.5 Å². The highest BCUT2D eigenvalue weighted by molar-refractivity contribution is 7.81. The average Bonchev–Trinajstić information content (AvgIpc) is 2.72. The quantitative estimate of drug-likeness (QED) is 0.733. The molecule has 1 aromatic carbocycles. The van der Waals surface area contributed by atoms with Gasteiger partial charge >= 0.3 is 0 Å². The first-order valence-corrected chi connectivity index (χ1v) is 4.77. The third-order valence-electron chi connectivity index (χ3n) is 1.88. The Kier molecular flexibility index (Phi) is 2.60. The van der Waals surface area contributed by atoms with E-state index >= 15 is 0 Å². The zero-order valence-corrected chi connectivity index (χ0v) is 8.34. The fraction of sp³-hybridized carbons (Fsp3) is 0. The van der Waals surface area contributed by atoms with Crippen molar-refractivity contribution in [1.29, 1.82) is 0 Å². The van der Waals surface area contributed by atoms with Crippen molar-refractivity contribution in [3.63, 3.8) is 0 Å². The molecule has 14 heavy (non-hydrogen) atoms. The summed E-state index contributed by atoms with van der Waals surface area (Å²) in [5, 5.41) is 3.11. The molecule has 0 saturated heterocycles. The highest BCUT2D eigenvalue weighted by atomic mass is 32.1. The van der Waals surface area contributed by atoms with Crippen LogP contribution in [0.15, 0.2) is 48.7 Å². The van der Waals surface area contributed by atoms with Gasteiger partial charge in [-0.2, -0.15) is 0 Å². The smallest absolute Gasteiger partial charge is 0.112 e. The molecule has 0 fully saturated rings. The van der Waals surface area contributed by atoms with E-state index in [2.05, 4.69) is 10.3 Å². The van der Waals surface area contributed by atoms with Gasteiger partial charge in [0.1, 0.15) is 10.8 Å². The fourth-order valence-corrected chi connectivity index (χ4v) is 1.44. The molecular weight excluding hydrogens is 192 g/mol. The first-order valence-electron chi connectivity index (χ1n) is 4.36. The number of thiocarbonyl (C=S) groups is 1. The summed E-state index contributed by atoms with van der Waals surface area (Å²) in [7, 11) is 0. The molecule has 0 radical (unpaired) electrons. The minimum absolute atomic E-state index is 0.730. The molecule has 0 amide bonds. The van der Waals surface area contributed by atoms with Crippen molar-refractivity contribution in [2.75, 3.05) is 5.32 Å². The molecule has 0 aliphatic rings. The van der Waals surface area contributed by atoms with Crippen molar-refractivity contribution >= 4 is 23.0 Å². The van der Waals surface area contributed by atoms with Crippen LogP contribution in [-0.2, 0) is 0 Å². The van der Waals surface area contributed by atoms with Crippen LogP contribution < -0.4 is 5.32 Å². The number of hydrogen-bond donors (Lipinski definition) is 2. The first-order chi connectivity index (χ1) is 6.86. The molecule has 70 valence electrons. The van der Waals surface area contributed by atoms with Crippen molar-refractivity contribution in [2.45, 2.75) is 0 Å². The molecule has 3 heteroatoms. The van der Waals surface area contributed by atoms with E-state index in [0.29, 0.717) is 0 Å². The van der Waals surface area contributed by atoms with E-state index in [1.807, 2.05) is 48.7 Å². The van der Waals surface area contributed by atoms with Gasteiger partial charge in [-0.3, -0.25) is 0 Å². The Balaban J connectivity index is 2.11. The maximum absolute atomic E-state index is 5.24. The van der Waals surface area contributed by atoms with Gasteiger partial charge in [0, 0.05) is 11.8 Å². The van der Waals surface area contributed by atoms with E-state index < -0.39 is 0 Å². The van der Waals surface area contributed by atoms with Crippen molar-refractivity contribution in [1.82, 2.24) is 4.98 Å². The minimum Gasteiger partial charge on any atom is -0.348 e. The Labute approximate surface area is 88.0 Å². The summed E-state index contributed by atoms with van der Waals surface area (Å²) in [6, 6.07) is 13.7. The predicted molar refractivity (Wildman–Crippen MR) is 62.6 cm³/mol. The van der Waals surface area contributed by atoms with Gasteiger partial charge in [0.05, 0.1) is 0 Å². The summed E-state index contributed by atoms with van der Waals surface area (Å²) in [5.74, 6) is 0.916. The Hall–Kier alpha value is -1.61. The van der Waals surface area contributed by atoms with Crippen LogP contribution in [0.4, 0.5) is 5.82 Å². The van der Waals surface area contributed by atoms with Gasteiger partial charge in [-0.05, 0) is 12.1 Å². The molecule has 0 aliphatic heterocycles. The fourth-order valence-electron chi connectivity index (χ4n) is 1.19. The Morgan fingerprint density at radius 2 is 1.86 bits per heavy atom. The van der Waals surface area contributed by atoms with E-state index in [1.165, 1.54) is 0 Å². The average molecular weight is 202 g/mol. The van der Waals surface area contributed by atoms with Crippen LogP contribution in [0.25, 0.3) is 0 Å². The molecular formula is C11H10N2S. The van der Waals surface area contributed by atoms with Gasteiger partial charge in [-0.25, -0.2) is 0 Å². The number of hydrogen-bond acceptors (Lipinski definition) is 1. The standard InChI is InChI=1S/C11H10N2S/c14-11(9-5-2-1-3-6-9)13-10-7-4-8-12-10/h1-8,12H,(H,13,14). The Morgan fingerprint density at radius 1 is 1.07 bits per heavy atom. The highest BCUT2D eigenvalue weighted by Crippen LogP contribution is 2.06. The molecule has 0 aliphatic carbocycles. The first kappa shape index (κ1) is 8.97. The van der Waals surface area contributed by atoms with Crippen LogP contribution in [0.2, 0.25) is 0 Å². The minimum atomic E-state index is 0.730. The van der Waals surface area contributed by atoms with E-state index in [1.54, 1.807) is 0 Å². The molecule has 0 spiro atoms. The number of benzene rings is 1. The SMILES string of the molecule is S=C(Nc1ccc[nH]1)c1ccccc1. The lowest BCUT2D eigenvalue weighted by Crippen LogP contribution is -2.10. The molecule has 0 saturated carbocycles. The Morgan fingerprint density at radius 3 is 2.50 bits per heavy atom. The topological polar surface area (TPSA) is 27.8 Å². The van der Waals surface area contributed by atoms with Crippen LogP contribution >= 0.6 is 12.2 Å². The lowest BCUT2D eigenvalue weighted by molar-refractivity contribution is 1.40. The Bertz CT molecular complexity index is 406. The highest BCUT2D eigenvalue weighted by Gasteiger charge is 1.99. The van der Waals surface area contributed by atoms with Gasteiger partial charge < -0.3 is 10.3 Å². The van der Waals surface area contributed by atoms with Crippen molar-refractivity contribution in [3.05, 3.63) is 54.2 Å². The van der Waals surface area contributed by atoms with Gasteiger partial charge in [0.15, 0.2) is 0 Å². The zero-order valence-electron chi connectivity index (χ0n) is 7.53. The summed E-state index contributed by atoms with van der Waals surface area (Å²) in [6.45, 7) is 0. The summed E-state index contributed by atoms with van der Waals surface area (Å²) in [4.78, 5) is 3.77. The van der Waals surface area contributed by atoms with Crippen molar-refractivity contribution in [2.24, 2.45) is 0 Å². The molecule has 2 rings (SSSR count).